The molecule has 2 aliphatic heterocycles. The Morgan fingerprint density at radius 1 is 1.07 bits per heavy atom. The lowest BCUT2D eigenvalue weighted by Gasteiger charge is -2.38. The number of amides is 3. The number of hydrogen-bond donors (Lipinski definition) is 3. The number of ether oxygens (including phenoxy) is 2. The first-order chi connectivity index (χ1) is 29.1. The highest BCUT2D eigenvalue weighted by molar-refractivity contribution is 5.96. The number of phenols is 1. The van der Waals surface area contributed by atoms with Crippen molar-refractivity contribution in [3.63, 3.8) is 0 Å². The van der Waals surface area contributed by atoms with Crippen LogP contribution >= 0.6 is 0 Å². The van der Waals surface area contributed by atoms with Crippen LogP contribution in [0.5, 0.6) is 5.75 Å². The summed E-state index contributed by atoms with van der Waals surface area (Å²) in [4.78, 5) is 62.4. The normalized spacial score (nSPS) is 20.7. The number of aromatic nitrogens is 2. The first kappa shape index (κ1) is 43.8. The van der Waals surface area contributed by atoms with Gasteiger partial charge in [0.2, 0.25) is 11.8 Å². The summed E-state index contributed by atoms with van der Waals surface area (Å²) in [7, 11) is 3.34. The van der Waals surface area contributed by atoms with E-state index in [4.69, 9.17) is 14.5 Å². The van der Waals surface area contributed by atoms with Crippen molar-refractivity contribution < 1.29 is 33.8 Å². The van der Waals surface area contributed by atoms with Crippen LogP contribution in [0.1, 0.15) is 96.6 Å². The van der Waals surface area contributed by atoms with Crippen LogP contribution in [0.4, 0.5) is 0 Å². The number of methoxy groups -OCH3 is 1. The third kappa shape index (κ3) is 9.04. The summed E-state index contributed by atoms with van der Waals surface area (Å²) in [6, 6.07) is 12.9. The van der Waals surface area contributed by atoms with Crippen molar-refractivity contribution in [2.75, 3.05) is 27.3 Å². The number of cyclic esters (lactones) is 1. The molecular formula is C48H62N6O7. The van der Waals surface area contributed by atoms with Crippen LogP contribution < -0.4 is 10.7 Å². The van der Waals surface area contributed by atoms with Crippen LogP contribution in [0.25, 0.3) is 33.3 Å². The Morgan fingerprint density at radius 3 is 2.52 bits per heavy atom. The van der Waals surface area contributed by atoms with Gasteiger partial charge in [-0.3, -0.25) is 29.2 Å². The number of pyridine rings is 1. The summed E-state index contributed by atoms with van der Waals surface area (Å²) in [5, 5.41) is 16.7. The van der Waals surface area contributed by atoms with Crippen LogP contribution in [0.2, 0.25) is 0 Å². The van der Waals surface area contributed by atoms with Crippen LogP contribution in [-0.4, -0.2) is 93.7 Å². The molecule has 1 unspecified atom stereocenters. The average Bonchev–Trinajstić information content (AvgIpc) is 3.52. The van der Waals surface area contributed by atoms with Gasteiger partial charge in [0, 0.05) is 67.7 Å². The second-order valence-electron chi connectivity index (χ2n) is 18.3. The minimum atomic E-state index is -1.09. The van der Waals surface area contributed by atoms with Gasteiger partial charge in [-0.05, 0) is 111 Å². The van der Waals surface area contributed by atoms with Gasteiger partial charge in [-0.1, -0.05) is 46.2 Å². The topological polar surface area (TPSA) is 155 Å². The van der Waals surface area contributed by atoms with Crippen molar-refractivity contribution in [1.29, 1.82) is 0 Å². The summed E-state index contributed by atoms with van der Waals surface area (Å²) in [6.45, 7) is 13.2. The number of nitrogens with one attached hydrogen (secondary N) is 2. The molecule has 3 aliphatic rings. The number of rotatable bonds is 9. The average molecular weight is 835 g/mol. The van der Waals surface area contributed by atoms with Crippen molar-refractivity contribution in [2.45, 2.75) is 117 Å². The maximum absolute atomic E-state index is 14.6. The Hall–Kier alpha value is -5.27. The molecule has 13 heteroatoms. The molecule has 0 spiro atoms. The summed E-state index contributed by atoms with van der Waals surface area (Å²) < 4.78 is 14.2. The highest BCUT2D eigenvalue weighted by atomic mass is 16.5. The van der Waals surface area contributed by atoms with Crippen LogP contribution in [-0.2, 0) is 48.0 Å². The third-order valence-electron chi connectivity index (χ3n) is 12.8. The smallest absolute Gasteiger partial charge is 0.324 e. The quantitative estimate of drug-likeness (QED) is 0.156. The monoisotopic (exact) mass is 834 g/mol. The minimum absolute atomic E-state index is 0.0195. The maximum Gasteiger partial charge on any atom is 0.324 e. The fourth-order valence-corrected chi connectivity index (χ4v) is 9.33. The maximum atomic E-state index is 14.6. The number of carbonyl (C=O) groups is 4. The number of benzene rings is 2. The number of likely N-dealkylation sites (N-methyl/N-ethyl adjacent to an activating group) is 1. The molecule has 4 atom stereocenters. The van der Waals surface area contributed by atoms with Gasteiger partial charge >= 0.3 is 5.97 Å². The first-order valence-corrected chi connectivity index (χ1v) is 21.9. The lowest BCUT2D eigenvalue weighted by atomic mass is 9.83. The van der Waals surface area contributed by atoms with E-state index >= 15 is 0 Å². The molecule has 4 aromatic rings. The van der Waals surface area contributed by atoms with Gasteiger partial charge in [0.1, 0.15) is 23.9 Å². The molecule has 7 rings (SSSR count). The number of carbonyl (C=O) groups excluding carboxylic acids is 4. The summed E-state index contributed by atoms with van der Waals surface area (Å²) in [5.41, 5.74) is 9.76. The van der Waals surface area contributed by atoms with E-state index in [-0.39, 0.29) is 42.6 Å². The Kier molecular flexibility index (Phi) is 12.9. The van der Waals surface area contributed by atoms with Crippen molar-refractivity contribution in [3.8, 4) is 28.1 Å². The lowest BCUT2D eigenvalue weighted by Crippen LogP contribution is -2.62. The molecule has 6 bridgehead atoms. The largest absolute Gasteiger partial charge is 0.508 e. The number of hydrogen-bond acceptors (Lipinski definition) is 9. The number of aryl methyl sites for hydroxylation is 1. The molecule has 0 radical (unpaired) electrons. The Morgan fingerprint density at radius 2 is 1.84 bits per heavy atom. The number of hydrazine groups is 1. The molecule has 2 aromatic carbocycles. The van der Waals surface area contributed by atoms with Crippen molar-refractivity contribution in [1.82, 2.24) is 30.2 Å². The lowest BCUT2D eigenvalue weighted by molar-refractivity contribution is -0.155. The Bertz CT molecular complexity index is 2300. The predicted molar refractivity (Wildman–Crippen MR) is 234 cm³/mol. The van der Waals surface area contributed by atoms with E-state index in [0.717, 1.165) is 63.8 Å². The Labute approximate surface area is 359 Å². The Balaban J connectivity index is 1.35. The minimum Gasteiger partial charge on any atom is -0.508 e. The highest BCUT2D eigenvalue weighted by Crippen LogP contribution is 2.42. The molecule has 2 aromatic heterocycles. The zero-order chi connectivity index (χ0) is 43.7. The van der Waals surface area contributed by atoms with Gasteiger partial charge < -0.3 is 29.4 Å². The predicted octanol–water partition coefficient (Wildman–Crippen LogP) is 6.73. The zero-order valence-corrected chi connectivity index (χ0v) is 36.9. The molecule has 1 saturated carbocycles. The van der Waals surface area contributed by atoms with Crippen LogP contribution in [0, 0.1) is 17.3 Å². The second-order valence-corrected chi connectivity index (χ2v) is 18.3. The SMILES string of the molecule is CCn1c(-c2cccnc2[C@H](C)OC)c2c3cc(ccc31)-c1cc(O)cc(c1)C[C@H](NC(=O)C(C(C)C)N(C)C(=O)C1CCC1)C(=O)N1CCC[C@H](N1)C(=O)OCC(C)(C)C2. The van der Waals surface area contributed by atoms with E-state index in [1.807, 2.05) is 39.0 Å². The van der Waals surface area contributed by atoms with E-state index in [1.165, 1.54) is 9.91 Å². The molecule has 3 amide bonds. The van der Waals surface area contributed by atoms with E-state index in [9.17, 15) is 24.3 Å². The molecule has 61 heavy (non-hydrogen) atoms. The molecular weight excluding hydrogens is 773 g/mol. The molecule has 1 aliphatic carbocycles. The van der Waals surface area contributed by atoms with E-state index < -0.39 is 41.3 Å². The van der Waals surface area contributed by atoms with Crippen LogP contribution in [0.3, 0.4) is 0 Å². The van der Waals surface area contributed by atoms with Crippen molar-refractivity contribution in [3.05, 3.63) is 71.5 Å². The summed E-state index contributed by atoms with van der Waals surface area (Å²) >= 11 is 0. The molecule has 326 valence electrons. The van der Waals surface area contributed by atoms with E-state index in [2.05, 4.69) is 54.3 Å². The van der Waals surface area contributed by atoms with E-state index in [0.29, 0.717) is 37.9 Å². The van der Waals surface area contributed by atoms with Crippen molar-refractivity contribution in [2.24, 2.45) is 17.3 Å². The van der Waals surface area contributed by atoms with Gasteiger partial charge in [0.05, 0.1) is 24.1 Å². The standard InChI is InChI=1S/C48H62N6O7/c1-9-53-40-18-17-32-25-36(40)37(43(53)35-15-11-19-49-41(35)29(4)60-8)26-48(5,6)27-61-47(59)38-16-12-20-54(51-38)46(58)39(23-30-21-33(32)24-34(55)22-30)50-44(56)42(28(2)3)52(7)45(57)31-13-10-14-31/h11,15,17-19,21-22,24-25,28-29,31,38-39,42,51,55H,9-10,12-14,16,20,23,26-27H2,1-8H3,(H,50,56)/t29-,38-,39-,42?/m0/s1. The molecule has 4 heterocycles. The second kappa shape index (κ2) is 18.0. The molecule has 1 saturated heterocycles. The molecule has 13 nitrogen and oxygen atoms in total. The number of phenolic OH excluding ortho intramolecular Hbond substituents is 1. The van der Waals surface area contributed by atoms with Gasteiger partial charge in [0.15, 0.2) is 0 Å². The molecule has 2 fully saturated rings. The van der Waals surface area contributed by atoms with Crippen LogP contribution in [0.15, 0.2) is 54.7 Å². The highest BCUT2D eigenvalue weighted by Gasteiger charge is 2.39. The number of aromatic hydroxyl groups is 1. The number of nitrogens with zero attached hydrogens (tertiary/aromatic N) is 4. The number of fused-ring (bicyclic) bond motifs is 6. The van der Waals surface area contributed by atoms with Gasteiger partial charge in [0.25, 0.3) is 5.91 Å². The summed E-state index contributed by atoms with van der Waals surface area (Å²) in [6.07, 6.45) is 5.73. The first-order valence-electron chi connectivity index (χ1n) is 21.9. The summed E-state index contributed by atoms with van der Waals surface area (Å²) in [5.74, 6) is -1.70. The zero-order valence-electron chi connectivity index (χ0n) is 36.9. The van der Waals surface area contributed by atoms with Crippen molar-refractivity contribution >= 4 is 34.6 Å². The fourth-order valence-electron chi connectivity index (χ4n) is 9.33. The third-order valence-corrected chi connectivity index (χ3v) is 12.8. The number of esters is 1. The fraction of sp³-hybridized carbons (Fsp3) is 0.521. The molecule has 3 N–H and O–H groups in total. The van der Waals surface area contributed by atoms with Gasteiger partial charge in [-0.2, -0.15) is 0 Å². The van der Waals surface area contributed by atoms with Gasteiger partial charge in [-0.15, -0.1) is 0 Å². The van der Waals surface area contributed by atoms with Gasteiger partial charge in [-0.25, -0.2) is 5.43 Å². The van der Waals surface area contributed by atoms with E-state index in [1.54, 1.807) is 32.5 Å².